The topological polar surface area (TPSA) is 55.6 Å². The standard InChI is InChI=1S/C19H22N2O3/c1-13-11-21(12-17(23-13)14-7-3-2-4-8-14)19(22)18-15-9-5-6-10-16(15)24-20-18/h2-4,7-8,13,17H,5-6,9-12H2,1H3/t13-,17-/m0/s1. The molecule has 0 radical (unpaired) electrons. The van der Waals surface area contributed by atoms with Crippen molar-refractivity contribution < 1.29 is 14.1 Å². The largest absolute Gasteiger partial charge is 0.367 e. The van der Waals surface area contributed by atoms with Gasteiger partial charge in [0.05, 0.1) is 12.6 Å². The molecule has 1 aromatic heterocycles. The first-order valence-corrected chi connectivity index (χ1v) is 8.69. The quantitative estimate of drug-likeness (QED) is 0.851. The van der Waals surface area contributed by atoms with Crippen LogP contribution in [0.1, 0.15) is 53.2 Å². The molecule has 2 aliphatic rings. The Balaban J connectivity index is 1.57. The van der Waals surface area contributed by atoms with Crippen molar-refractivity contribution in [2.45, 2.75) is 44.8 Å². The minimum atomic E-state index is -0.0957. The Hall–Kier alpha value is -2.14. The van der Waals surface area contributed by atoms with E-state index in [-0.39, 0.29) is 18.1 Å². The zero-order valence-electron chi connectivity index (χ0n) is 13.9. The summed E-state index contributed by atoms with van der Waals surface area (Å²) in [5.41, 5.74) is 2.62. The van der Waals surface area contributed by atoms with Gasteiger partial charge in [0.1, 0.15) is 11.9 Å². The van der Waals surface area contributed by atoms with Gasteiger partial charge in [-0.25, -0.2) is 0 Å². The van der Waals surface area contributed by atoms with Crippen LogP contribution in [0.3, 0.4) is 0 Å². The molecule has 1 saturated heterocycles. The third-order valence-corrected chi connectivity index (χ3v) is 4.87. The van der Waals surface area contributed by atoms with E-state index in [2.05, 4.69) is 5.16 Å². The zero-order valence-corrected chi connectivity index (χ0v) is 13.9. The van der Waals surface area contributed by atoms with Gasteiger partial charge >= 0.3 is 0 Å². The molecule has 24 heavy (non-hydrogen) atoms. The van der Waals surface area contributed by atoms with Crippen molar-refractivity contribution in [1.29, 1.82) is 0 Å². The summed E-state index contributed by atoms with van der Waals surface area (Å²) in [7, 11) is 0. The maximum Gasteiger partial charge on any atom is 0.276 e. The molecule has 1 aromatic carbocycles. The molecule has 2 heterocycles. The lowest BCUT2D eigenvalue weighted by atomic mass is 9.96. The highest BCUT2D eigenvalue weighted by Crippen LogP contribution is 2.29. The summed E-state index contributed by atoms with van der Waals surface area (Å²) in [6, 6.07) is 10.1. The average Bonchev–Trinajstić information content (AvgIpc) is 3.05. The molecule has 1 aliphatic heterocycles. The minimum Gasteiger partial charge on any atom is -0.367 e. The molecule has 5 heteroatoms. The summed E-state index contributed by atoms with van der Waals surface area (Å²) < 4.78 is 11.5. The fraction of sp³-hybridized carbons (Fsp3) is 0.474. The van der Waals surface area contributed by atoms with E-state index in [1.165, 1.54) is 0 Å². The van der Waals surface area contributed by atoms with Crippen LogP contribution in [0, 0.1) is 0 Å². The van der Waals surface area contributed by atoms with Gasteiger partial charge in [-0.15, -0.1) is 0 Å². The molecule has 5 nitrogen and oxygen atoms in total. The van der Waals surface area contributed by atoms with Gasteiger partial charge in [-0.1, -0.05) is 35.5 Å². The van der Waals surface area contributed by atoms with Crippen LogP contribution in [0.2, 0.25) is 0 Å². The van der Waals surface area contributed by atoms with Crippen molar-refractivity contribution in [3.05, 3.63) is 52.9 Å². The Morgan fingerprint density at radius 1 is 1.17 bits per heavy atom. The number of aryl methyl sites for hydroxylation is 1. The van der Waals surface area contributed by atoms with E-state index in [9.17, 15) is 4.79 Å². The lowest BCUT2D eigenvalue weighted by Crippen LogP contribution is -2.46. The predicted molar refractivity (Wildman–Crippen MR) is 88.8 cm³/mol. The van der Waals surface area contributed by atoms with Crippen LogP contribution in [0.5, 0.6) is 0 Å². The van der Waals surface area contributed by atoms with Crippen LogP contribution in [0.15, 0.2) is 34.9 Å². The van der Waals surface area contributed by atoms with Gasteiger partial charge < -0.3 is 14.2 Å². The van der Waals surface area contributed by atoms with Crippen molar-refractivity contribution in [2.75, 3.05) is 13.1 Å². The summed E-state index contributed by atoms with van der Waals surface area (Å²) in [4.78, 5) is 14.9. The van der Waals surface area contributed by atoms with Crippen LogP contribution in [-0.2, 0) is 17.6 Å². The lowest BCUT2D eigenvalue weighted by Gasteiger charge is -2.36. The molecule has 1 fully saturated rings. The summed E-state index contributed by atoms with van der Waals surface area (Å²) in [6.07, 6.45) is 3.89. The van der Waals surface area contributed by atoms with E-state index in [0.717, 1.165) is 42.6 Å². The third-order valence-electron chi connectivity index (χ3n) is 4.87. The third kappa shape index (κ3) is 2.84. The van der Waals surface area contributed by atoms with Gasteiger partial charge in [0, 0.05) is 18.5 Å². The highest BCUT2D eigenvalue weighted by Gasteiger charge is 2.33. The number of hydrogen-bond acceptors (Lipinski definition) is 4. The molecule has 1 amide bonds. The van der Waals surface area contributed by atoms with Crippen molar-refractivity contribution in [1.82, 2.24) is 10.1 Å². The van der Waals surface area contributed by atoms with Crippen molar-refractivity contribution in [2.24, 2.45) is 0 Å². The second-order valence-electron chi connectivity index (χ2n) is 6.70. The van der Waals surface area contributed by atoms with Crippen molar-refractivity contribution in [3.8, 4) is 0 Å². The smallest absolute Gasteiger partial charge is 0.276 e. The molecule has 0 saturated carbocycles. The monoisotopic (exact) mass is 326 g/mol. The number of benzene rings is 1. The second kappa shape index (κ2) is 6.40. The van der Waals surface area contributed by atoms with Crippen LogP contribution in [0.4, 0.5) is 0 Å². The number of rotatable bonds is 2. The van der Waals surface area contributed by atoms with Gasteiger partial charge in [-0.2, -0.15) is 0 Å². The fourth-order valence-corrected chi connectivity index (χ4v) is 3.67. The molecule has 1 aliphatic carbocycles. The molecule has 2 aromatic rings. The number of carbonyl (C=O) groups is 1. The predicted octanol–water partition coefficient (Wildman–Crippen LogP) is 3.16. The number of aromatic nitrogens is 1. The second-order valence-corrected chi connectivity index (χ2v) is 6.70. The van der Waals surface area contributed by atoms with E-state index in [4.69, 9.17) is 9.26 Å². The summed E-state index contributed by atoms with van der Waals surface area (Å²) in [5.74, 6) is 0.864. The average molecular weight is 326 g/mol. The summed E-state index contributed by atoms with van der Waals surface area (Å²) in [5, 5.41) is 4.09. The normalized spacial score (nSPS) is 23.8. The molecule has 0 bridgehead atoms. The first-order valence-electron chi connectivity index (χ1n) is 8.69. The Kier molecular flexibility index (Phi) is 4.10. The number of morpholine rings is 1. The van der Waals surface area contributed by atoms with E-state index in [1.807, 2.05) is 42.2 Å². The number of ether oxygens (including phenoxy) is 1. The molecular formula is C19H22N2O3. The van der Waals surface area contributed by atoms with Crippen molar-refractivity contribution >= 4 is 5.91 Å². The SMILES string of the molecule is C[C@H]1CN(C(=O)c2noc3c2CCCC3)C[C@@H](c2ccccc2)O1. The number of amides is 1. The van der Waals surface area contributed by atoms with Crippen LogP contribution < -0.4 is 0 Å². The maximum atomic E-state index is 13.0. The van der Waals surface area contributed by atoms with Gasteiger partial charge in [-0.3, -0.25) is 4.79 Å². The van der Waals surface area contributed by atoms with Gasteiger partial charge in [0.15, 0.2) is 5.69 Å². The molecule has 4 rings (SSSR count). The van der Waals surface area contributed by atoms with E-state index in [1.54, 1.807) is 0 Å². The van der Waals surface area contributed by atoms with Gasteiger partial charge in [-0.05, 0) is 31.7 Å². The van der Waals surface area contributed by atoms with Crippen LogP contribution in [-0.4, -0.2) is 35.2 Å². The molecule has 126 valence electrons. The number of hydrogen-bond donors (Lipinski definition) is 0. The Labute approximate surface area is 141 Å². The Morgan fingerprint density at radius 3 is 2.79 bits per heavy atom. The highest BCUT2D eigenvalue weighted by atomic mass is 16.5. The molecule has 2 atom stereocenters. The first-order chi connectivity index (χ1) is 11.7. The van der Waals surface area contributed by atoms with E-state index < -0.39 is 0 Å². The summed E-state index contributed by atoms with van der Waals surface area (Å²) in [6.45, 7) is 3.15. The lowest BCUT2D eigenvalue weighted by molar-refractivity contribution is -0.0693. The number of carbonyl (C=O) groups excluding carboxylic acids is 1. The van der Waals surface area contributed by atoms with Crippen LogP contribution >= 0.6 is 0 Å². The Morgan fingerprint density at radius 2 is 1.96 bits per heavy atom. The van der Waals surface area contributed by atoms with Crippen LogP contribution in [0.25, 0.3) is 0 Å². The van der Waals surface area contributed by atoms with Gasteiger partial charge in [0.2, 0.25) is 0 Å². The number of nitrogens with zero attached hydrogens (tertiary/aromatic N) is 2. The molecule has 0 N–H and O–H groups in total. The van der Waals surface area contributed by atoms with Crippen molar-refractivity contribution in [3.63, 3.8) is 0 Å². The molecule has 0 unspecified atom stereocenters. The molecular weight excluding hydrogens is 304 g/mol. The fourth-order valence-electron chi connectivity index (χ4n) is 3.67. The molecule has 0 spiro atoms. The Bertz CT molecular complexity index is 725. The first kappa shape index (κ1) is 15.4. The van der Waals surface area contributed by atoms with E-state index >= 15 is 0 Å². The van der Waals surface area contributed by atoms with E-state index in [0.29, 0.717) is 18.8 Å². The van der Waals surface area contributed by atoms with Gasteiger partial charge in [0.25, 0.3) is 5.91 Å². The summed E-state index contributed by atoms with van der Waals surface area (Å²) >= 11 is 0. The highest BCUT2D eigenvalue weighted by molar-refractivity contribution is 5.94. The zero-order chi connectivity index (χ0) is 16.5. The number of fused-ring (bicyclic) bond motifs is 1. The maximum absolute atomic E-state index is 13.0. The minimum absolute atomic E-state index is 0.00404.